The number of Topliss-reactive ketones (excluding diaryl/α,β-unsaturated/α-hetero) is 1. The van der Waals surface area contributed by atoms with Crippen LogP contribution in [0.2, 0.25) is 0 Å². The Morgan fingerprint density at radius 1 is 1.05 bits per heavy atom. The van der Waals surface area contributed by atoms with E-state index in [1.54, 1.807) is 6.07 Å². The van der Waals surface area contributed by atoms with E-state index in [1.165, 1.54) is 12.1 Å². The molecule has 2 aromatic rings. The van der Waals surface area contributed by atoms with Gasteiger partial charge in [-0.2, -0.15) is 0 Å². The molecule has 0 aliphatic carbocycles. The fourth-order valence-electron chi connectivity index (χ4n) is 2.23. The maximum Gasteiger partial charge on any atom is 0.163 e. The van der Waals surface area contributed by atoms with Crippen LogP contribution in [0.25, 0.3) is 0 Å². The molecule has 0 aliphatic heterocycles. The summed E-state index contributed by atoms with van der Waals surface area (Å²) in [7, 11) is 0. The van der Waals surface area contributed by atoms with Crippen LogP contribution in [0.4, 0.5) is 4.39 Å². The van der Waals surface area contributed by atoms with Gasteiger partial charge in [0.05, 0.1) is 0 Å². The molecule has 1 nitrogen and oxygen atoms in total. The number of carbonyl (C=O) groups excluding carboxylic acids is 1. The monoisotopic (exact) mass is 256 g/mol. The summed E-state index contributed by atoms with van der Waals surface area (Å²) >= 11 is 0. The van der Waals surface area contributed by atoms with Crippen LogP contribution in [-0.4, -0.2) is 5.78 Å². The quantitative estimate of drug-likeness (QED) is 0.747. The van der Waals surface area contributed by atoms with Gasteiger partial charge in [-0.3, -0.25) is 4.79 Å². The molecule has 0 fully saturated rings. The molecule has 2 rings (SSSR count). The molecule has 0 bridgehead atoms. The van der Waals surface area contributed by atoms with Gasteiger partial charge in [-0.25, -0.2) is 4.39 Å². The maximum absolute atomic E-state index is 13.0. The van der Waals surface area contributed by atoms with Crippen LogP contribution in [0.15, 0.2) is 42.5 Å². The van der Waals surface area contributed by atoms with E-state index in [2.05, 4.69) is 0 Å². The van der Waals surface area contributed by atoms with Crippen molar-refractivity contribution in [2.24, 2.45) is 0 Å². The highest BCUT2D eigenvalue weighted by Gasteiger charge is 2.07. The number of halogens is 1. The summed E-state index contributed by atoms with van der Waals surface area (Å²) in [6.07, 6.45) is 0.982. The van der Waals surface area contributed by atoms with Crippen molar-refractivity contribution in [1.82, 2.24) is 0 Å². The summed E-state index contributed by atoms with van der Waals surface area (Å²) in [5.41, 5.74) is 3.79. The first-order valence-corrected chi connectivity index (χ1v) is 6.40. The first-order valence-electron chi connectivity index (χ1n) is 6.40. The minimum Gasteiger partial charge on any atom is -0.294 e. The number of aryl methyl sites for hydroxylation is 3. The van der Waals surface area contributed by atoms with Crippen LogP contribution < -0.4 is 0 Å². The van der Waals surface area contributed by atoms with Gasteiger partial charge in [-0.1, -0.05) is 29.3 Å². The Hall–Kier alpha value is -1.96. The maximum atomic E-state index is 13.0. The van der Waals surface area contributed by atoms with Gasteiger partial charge in [0.2, 0.25) is 0 Å². The molecular formula is C17H17FO. The van der Waals surface area contributed by atoms with Crippen molar-refractivity contribution < 1.29 is 9.18 Å². The summed E-state index contributed by atoms with van der Waals surface area (Å²) in [6.45, 7) is 3.96. The number of rotatable bonds is 4. The van der Waals surface area contributed by atoms with Gasteiger partial charge in [0, 0.05) is 12.0 Å². The molecule has 0 amide bonds. The smallest absolute Gasteiger partial charge is 0.163 e. The average molecular weight is 256 g/mol. The van der Waals surface area contributed by atoms with Gasteiger partial charge in [-0.05, 0) is 50.1 Å². The topological polar surface area (TPSA) is 17.1 Å². The highest BCUT2D eigenvalue weighted by atomic mass is 19.1. The Morgan fingerprint density at radius 2 is 1.74 bits per heavy atom. The first-order chi connectivity index (χ1) is 9.04. The average Bonchev–Trinajstić information content (AvgIpc) is 2.35. The van der Waals surface area contributed by atoms with Crippen LogP contribution in [0.5, 0.6) is 0 Å². The summed E-state index contributed by atoms with van der Waals surface area (Å²) < 4.78 is 13.0. The summed E-state index contributed by atoms with van der Waals surface area (Å²) in [6, 6.07) is 12.3. The van der Waals surface area contributed by atoms with E-state index in [1.807, 2.05) is 38.1 Å². The number of hydrogen-bond donors (Lipinski definition) is 0. The van der Waals surface area contributed by atoms with E-state index in [0.29, 0.717) is 12.8 Å². The predicted molar refractivity (Wildman–Crippen MR) is 75.0 cm³/mol. The molecule has 2 aromatic carbocycles. The second-order valence-corrected chi connectivity index (χ2v) is 4.93. The Labute approximate surface area is 113 Å². The molecule has 0 aromatic heterocycles. The largest absolute Gasteiger partial charge is 0.294 e. The van der Waals surface area contributed by atoms with E-state index >= 15 is 0 Å². The highest BCUT2D eigenvalue weighted by Crippen LogP contribution is 2.13. The van der Waals surface area contributed by atoms with Crippen molar-refractivity contribution in [3.05, 3.63) is 70.5 Å². The van der Waals surface area contributed by atoms with Gasteiger partial charge < -0.3 is 0 Å². The van der Waals surface area contributed by atoms with Crippen LogP contribution in [-0.2, 0) is 6.42 Å². The Morgan fingerprint density at radius 3 is 2.37 bits per heavy atom. The fourth-order valence-corrected chi connectivity index (χ4v) is 2.23. The van der Waals surface area contributed by atoms with Gasteiger partial charge in [0.15, 0.2) is 5.78 Å². The lowest BCUT2D eigenvalue weighted by Crippen LogP contribution is -2.02. The van der Waals surface area contributed by atoms with Crippen molar-refractivity contribution in [1.29, 1.82) is 0 Å². The second-order valence-electron chi connectivity index (χ2n) is 4.93. The zero-order valence-electron chi connectivity index (χ0n) is 11.2. The second kappa shape index (κ2) is 5.79. The number of hydrogen-bond acceptors (Lipinski definition) is 1. The third-order valence-corrected chi connectivity index (χ3v) is 3.07. The van der Waals surface area contributed by atoms with E-state index in [-0.39, 0.29) is 11.6 Å². The minimum atomic E-state index is -0.253. The van der Waals surface area contributed by atoms with E-state index in [4.69, 9.17) is 0 Å². The molecule has 0 aliphatic rings. The molecule has 0 radical (unpaired) electrons. The van der Waals surface area contributed by atoms with Crippen molar-refractivity contribution in [3.63, 3.8) is 0 Å². The third-order valence-electron chi connectivity index (χ3n) is 3.07. The normalized spacial score (nSPS) is 10.5. The van der Waals surface area contributed by atoms with Crippen LogP contribution in [0.3, 0.4) is 0 Å². The molecule has 2 heteroatoms. The Kier molecular flexibility index (Phi) is 4.10. The van der Waals surface area contributed by atoms with Crippen molar-refractivity contribution in [2.75, 3.05) is 0 Å². The predicted octanol–water partition coefficient (Wildman–Crippen LogP) is 4.26. The van der Waals surface area contributed by atoms with Crippen molar-refractivity contribution >= 4 is 5.78 Å². The van der Waals surface area contributed by atoms with Crippen molar-refractivity contribution in [2.45, 2.75) is 26.7 Å². The third kappa shape index (κ3) is 3.75. The zero-order valence-corrected chi connectivity index (χ0v) is 11.2. The fraction of sp³-hybridized carbons (Fsp3) is 0.235. The number of ketones is 1. The highest BCUT2D eigenvalue weighted by molar-refractivity contribution is 5.96. The lowest BCUT2D eigenvalue weighted by atomic mass is 9.99. The molecule has 0 spiro atoms. The minimum absolute atomic E-state index is 0.107. The molecule has 98 valence electrons. The molecule has 0 saturated carbocycles. The molecule has 0 atom stereocenters. The summed E-state index contributed by atoms with van der Waals surface area (Å²) in [5.74, 6) is -0.146. The molecule has 0 N–H and O–H groups in total. The lowest BCUT2D eigenvalue weighted by molar-refractivity contribution is 0.0982. The van der Waals surface area contributed by atoms with Crippen molar-refractivity contribution in [3.8, 4) is 0 Å². The Balaban J connectivity index is 2.05. The lowest BCUT2D eigenvalue weighted by Gasteiger charge is -2.05. The van der Waals surface area contributed by atoms with Crippen LogP contribution in [0, 0.1) is 19.7 Å². The molecule has 0 unspecified atom stereocenters. The summed E-state index contributed by atoms with van der Waals surface area (Å²) in [5, 5.41) is 0. The van der Waals surface area contributed by atoms with Gasteiger partial charge >= 0.3 is 0 Å². The standard InChI is InChI=1S/C17H17FO/c1-12-8-13(2)10-15(9-12)17(19)7-6-14-4-3-5-16(18)11-14/h3-5,8-11H,6-7H2,1-2H3. The zero-order chi connectivity index (χ0) is 13.8. The van der Waals surface area contributed by atoms with Gasteiger partial charge in [0.1, 0.15) is 5.82 Å². The molecule has 0 saturated heterocycles. The molecule has 0 heterocycles. The van der Waals surface area contributed by atoms with E-state index in [0.717, 1.165) is 22.3 Å². The van der Waals surface area contributed by atoms with Crippen LogP contribution in [0.1, 0.15) is 33.5 Å². The van der Waals surface area contributed by atoms with Gasteiger partial charge in [0.25, 0.3) is 0 Å². The SMILES string of the molecule is Cc1cc(C)cc(C(=O)CCc2cccc(F)c2)c1. The van der Waals surface area contributed by atoms with E-state index < -0.39 is 0 Å². The van der Waals surface area contributed by atoms with Gasteiger partial charge in [-0.15, -0.1) is 0 Å². The van der Waals surface area contributed by atoms with E-state index in [9.17, 15) is 9.18 Å². The molecular weight excluding hydrogens is 239 g/mol. The Bertz CT molecular complexity index is 582. The first kappa shape index (κ1) is 13.5. The van der Waals surface area contributed by atoms with Crippen LogP contribution >= 0.6 is 0 Å². The summed E-state index contributed by atoms with van der Waals surface area (Å²) in [4.78, 5) is 12.1. The molecule has 19 heavy (non-hydrogen) atoms. The number of benzene rings is 2. The number of carbonyl (C=O) groups is 1.